The van der Waals surface area contributed by atoms with Crippen LogP contribution in [0.2, 0.25) is 0 Å². The first-order valence-corrected chi connectivity index (χ1v) is 7.25. The molecule has 4 nitrogen and oxygen atoms in total. The molecule has 0 saturated carbocycles. The van der Waals surface area contributed by atoms with Crippen molar-refractivity contribution in [3.05, 3.63) is 58.6 Å². The van der Waals surface area contributed by atoms with Crippen LogP contribution in [-0.2, 0) is 6.54 Å². The fourth-order valence-electron chi connectivity index (χ4n) is 2.18. The van der Waals surface area contributed by atoms with Crippen LogP contribution in [0.25, 0.3) is 11.0 Å². The Morgan fingerprint density at radius 2 is 1.85 bits per heavy atom. The lowest BCUT2D eigenvalue weighted by Gasteiger charge is -2.11. The van der Waals surface area contributed by atoms with Gasteiger partial charge in [-0.3, -0.25) is 0 Å². The monoisotopic (exact) mass is 331 g/mol. The fourth-order valence-corrected chi connectivity index (χ4v) is 2.44. The third-order valence-electron chi connectivity index (χ3n) is 3.29. The number of rotatable bonds is 4. The molecular weight excluding hydrogens is 318 g/mol. The van der Waals surface area contributed by atoms with Crippen LogP contribution in [0, 0.1) is 0 Å². The van der Waals surface area contributed by atoms with Gasteiger partial charge in [-0.15, -0.1) is 5.10 Å². The van der Waals surface area contributed by atoms with Crippen molar-refractivity contribution in [1.82, 2.24) is 15.0 Å². The molecule has 0 fully saturated rings. The summed E-state index contributed by atoms with van der Waals surface area (Å²) in [6.45, 7) is 0.637. The maximum absolute atomic E-state index is 10.2. The fraction of sp³-hybridized carbons (Fsp3) is 0.200. The Balaban J connectivity index is 1.71. The van der Waals surface area contributed by atoms with Gasteiger partial charge in [-0.05, 0) is 36.2 Å². The van der Waals surface area contributed by atoms with E-state index in [2.05, 4.69) is 26.2 Å². The van der Waals surface area contributed by atoms with Crippen LogP contribution in [0.4, 0.5) is 0 Å². The highest BCUT2D eigenvalue weighted by atomic mass is 79.9. The van der Waals surface area contributed by atoms with Crippen LogP contribution in [0.3, 0.4) is 0 Å². The summed E-state index contributed by atoms with van der Waals surface area (Å²) in [6.07, 6.45) is 0.112. The van der Waals surface area contributed by atoms with Gasteiger partial charge in [0.05, 0.1) is 11.6 Å². The number of aryl methyl sites for hydroxylation is 1. The van der Waals surface area contributed by atoms with E-state index < -0.39 is 6.10 Å². The normalized spacial score (nSPS) is 12.7. The van der Waals surface area contributed by atoms with E-state index in [4.69, 9.17) is 0 Å². The SMILES string of the molecule is OC(CCn1nnc2ccccc21)c1ccc(Br)cc1. The topological polar surface area (TPSA) is 50.9 Å². The van der Waals surface area contributed by atoms with E-state index in [1.54, 1.807) is 0 Å². The molecule has 0 amide bonds. The highest BCUT2D eigenvalue weighted by Crippen LogP contribution is 2.20. The minimum absolute atomic E-state index is 0.494. The quantitative estimate of drug-likeness (QED) is 0.797. The van der Waals surface area contributed by atoms with Gasteiger partial charge in [0.15, 0.2) is 0 Å². The first kappa shape index (κ1) is 13.3. The maximum atomic E-state index is 10.2. The zero-order valence-corrected chi connectivity index (χ0v) is 12.4. The predicted molar refractivity (Wildman–Crippen MR) is 81.2 cm³/mol. The van der Waals surface area contributed by atoms with Gasteiger partial charge in [-0.25, -0.2) is 4.68 Å². The van der Waals surface area contributed by atoms with Crippen LogP contribution < -0.4 is 0 Å². The zero-order valence-electron chi connectivity index (χ0n) is 10.8. The van der Waals surface area contributed by atoms with Gasteiger partial charge in [0, 0.05) is 11.0 Å². The summed E-state index contributed by atoms with van der Waals surface area (Å²) in [5, 5.41) is 18.4. The molecule has 1 aromatic heterocycles. The van der Waals surface area contributed by atoms with Crippen molar-refractivity contribution in [1.29, 1.82) is 0 Å². The highest BCUT2D eigenvalue weighted by Gasteiger charge is 2.09. The van der Waals surface area contributed by atoms with Gasteiger partial charge in [-0.2, -0.15) is 0 Å². The zero-order chi connectivity index (χ0) is 13.9. The summed E-state index contributed by atoms with van der Waals surface area (Å²) < 4.78 is 2.84. The van der Waals surface area contributed by atoms with E-state index >= 15 is 0 Å². The Bertz CT molecular complexity index is 708. The number of fused-ring (bicyclic) bond motifs is 1. The molecule has 0 aliphatic carbocycles. The summed E-state index contributed by atoms with van der Waals surface area (Å²) in [6, 6.07) is 15.5. The summed E-state index contributed by atoms with van der Waals surface area (Å²) in [4.78, 5) is 0. The Morgan fingerprint density at radius 3 is 2.65 bits per heavy atom. The average molecular weight is 332 g/mol. The van der Waals surface area contributed by atoms with Gasteiger partial charge < -0.3 is 5.11 Å². The summed E-state index contributed by atoms with van der Waals surface area (Å²) >= 11 is 3.39. The van der Waals surface area contributed by atoms with Crippen LogP contribution in [0.5, 0.6) is 0 Å². The van der Waals surface area contributed by atoms with Crippen LogP contribution >= 0.6 is 15.9 Å². The van der Waals surface area contributed by atoms with Crippen LogP contribution in [0.15, 0.2) is 53.0 Å². The third kappa shape index (κ3) is 2.73. The van der Waals surface area contributed by atoms with Gasteiger partial charge >= 0.3 is 0 Å². The summed E-state index contributed by atoms with van der Waals surface area (Å²) in [5.74, 6) is 0. The van der Waals surface area contributed by atoms with Crippen LogP contribution in [-0.4, -0.2) is 20.1 Å². The third-order valence-corrected chi connectivity index (χ3v) is 3.82. The molecule has 3 rings (SSSR count). The number of hydrogen-bond acceptors (Lipinski definition) is 3. The number of benzene rings is 2. The summed E-state index contributed by atoms with van der Waals surface area (Å²) in [7, 11) is 0. The predicted octanol–water partition coefficient (Wildman–Crippen LogP) is 3.32. The molecule has 0 aliphatic heterocycles. The second-order valence-corrected chi connectivity index (χ2v) is 5.57. The first-order chi connectivity index (χ1) is 9.74. The molecule has 3 aromatic rings. The molecule has 0 spiro atoms. The smallest absolute Gasteiger partial charge is 0.113 e. The van der Waals surface area contributed by atoms with E-state index in [1.165, 1.54) is 0 Å². The molecule has 102 valence electrons. The number of hydrogen-bond donors (Lipinski definition) is 1. The number of aromatic nitrogens is 3. The molecule has 5 heteroatoms. The van der Waals surface area contributed by atoms with Crippen molar-refractivity contribution < 1.29 is 5.11 Å². The molecule has 1 N–H and O–H groups in total. The van der Waals surface area contributed by atoms with E-state index in [-0.39, 0.29) is 0 Å². The van der Waals surface area contributed by atoms with E-state index in [1.807, 2.05) is 53.2 Å². The molecule has 2 aromatic carbocycles. The highest BCUT2D eigenvalue weighted by molar-refractivity contribution is 9.10. The van der Waals surface area contributed by atoms with Gasteiger partial charge in [0.1, 0.15) is 5.52 Å². The molecule has 0 aliphatic rings. The molecule has 0 saturated heterocycles. The van der Waals surface area contributed by atoms with Crippen molar-refractivity contribution in [3.8, 4) is 0 Å². The van der Waals surface area contributed by atoms with Gasteiger partial charge in [0.2, 0.25) is 0 Å². The van der Waals surface area contributed by atoms with Crippen molar-refractivity contribution in [3.63, 3.8) is 0 Å². The molecule has 1 heterocycles. The maximum Gasteiger partial charge on any atom is 0.113 e. The number of para-hydroxylation sites is 1. The number of aliphatic hydroxyl groups is 1. The van der Waals surface area contributed by atoms with Crippen LogP contribution in [0.1, 0.15) is 18.1 Å². The van der Waals surface area contributed by atoms with Crippen molar-refractivity contribution in [2.24, 2.45) is 0 Å². The Morgan fingerprint density at radius 1 is 1.10 bits per heavy atom. The van der Waals surface area contributed by atoms with Gasteiger partial charge in [-0.1, -0.05) is 45.4 Å². The van der Waals surface area contributed by atoms with Gasteiger partial charge in [0.25, 0.3) is 0 Å². The number of nitrogens with zero attached hydrogens (tertiary/aromatic N) is 3. The first-order valence-electron chi connectivity index (χ1n) is 6.46. The molecule has 1 unspecified atom stereocenters. The van der Waals surface area contributed by atoms with Crippen molar-refractivity contribution in [2.75, 3.05) is 0 Å². The molecule has 0 bridgehead atoms. The van der Waals surface area contributed by atoms with E-state index in [0.29, 0.717) is 13.0 Å². The Kier molecular flexibility index (Phi) is 3.80. The number of halogens is 1. The molecule has 1 atom stereocenters. The molecule has 0 radical (unpaired) electrons. The Hall–Kier alpha value is -1.72. The average Bonchev–Trinajstić information content (AvgIpc) is 2.89. The minimum atomic E-state index is -0.494. The molecule has 20 heavy (non-hydrogen) atoms. The van der Waals surface area contributed by atoms with E-state index in [0.717, 1.165) is 21.1 Å². The van der Waals surface area contributed by atoms with E-state index in [9.17, 15) is 5.11 Å². The Labute approximate surface area is 125 Å². The van der Waals surface area contributed by atoms with Crippen molar-refractivity contribution >= 4 is 27.0 Å². The standard InChI is InChI=1S/C15H14BrN3O/c16-12-7-5-11(6-8-12)15(20)9-10-19-14-4-2-1-3-13(14)17-18-19/h1-8,15,20H,9-10H2. The lowest BCUT2D eigenvalue weighted by molar-refractivity contribution is 0.159. The lowest BCUT2D eigenvalue weighted by Crippen LogP contribution is -2.06. The molecular formula is C15H14BrN3O. The summed E-state index contributed by atoms with van der Waals surface area (Å²) in [5.41, 5.74) is 2.79. The second kappa shape index (κ2) is 5.73. The largest absolute Gasteiger partial charge is 0.388 e. The number of aliphatic hydroxyl groups excluding tert-OH is 1. The second-order valence-electron chi connectivity index (χ2n) is 4.66. The van der Waals surface area contributed by atoms with Crippen molar-refractivity contribution in [2.45, 2.75) is 19.1 Å². The lowest BCUT2D eigenvalue weighted by atomic mass is 10.1. The minimum Gasteiger partial charge on any atom is -0.388 e.